The van der Waals surface area contributed by atoms with Crippen LogP contribution in [0.1, 0.15) is 0 Å². The summed E-state index contributed by atoms with van der Waals surface area (Å²) in [6.45, 7) is 0. The predicted octanol–water partition coefficient (Wildman–Crippen LogP) is -1.35. The van der Waals surface area contributed by atoms with Gasteiger partial charge in [-0.1, -0.05) is 0 Å². The Labute approximate surface area is 116 Å². The van der Waals surface area contributed by atoms with Gasteiger partial charge in [-0.3, -0.25) is 0 Å². The Hall–Kier alpha value is 1.93. The van der Waals surface area contributed by atoms with Crippen molar-refractivity contribution in [3.63, 3.8) is 0 Å². The van der Waals surface area contributed by atoms with Crippen LogP contribution in [-0.4, -0.2) is 54.0 Å². The standard InChI is InChI=1S/Mn.Na.H5O10P3.H/c;;1-11(2,3)9-13(7,8)10-12(4,5)6;/h;;(H,7,8)(H2,1,2,3)(H2,4,5,6);. The minimum absolute atomic E-state index is 0. The van der Waals surface area contributed by atoms with E-state index in [2.05, 4.69) is 8.62 Å². The number of phosphoric acid groups is 3. The average Bonchev–Trinajstić information content (AvgIpc) is 1.43. The van der Waals surface area contributed by atoms with Crippen molar-refractivity contribution in [1.29, 1.82) is 0 Å². The van der Waals surface area contributed by atoms with E-state index in [1.54, 1.807) is 0 Å². The van der Waals surface area contributed by atoms with Gasteiger partial charge in [-0.05, 0) is 0 Å². The summed E-state index contributed by atoms with van der Waals surface area (Å²) in [5, 5.41) is 0. The Bertz CT molecular complexity index is 283. The second kappa shape index (κ2) is 7.38. The normalized spacial score (nSPS) is 12.6. The van der Waals surface area contributed by atoms with E-state index in [0.29, 0.717) is 0 Å². The Morgan fingerprint density at radius 3 is 1.07 bits per heavy atom. The van der Waals surface area contributed by atoms with E-state index in [9.17, 15) is 13.7 Å². The van der Waals surface area contributed by atoms with Crippen LogP contribution in [0.5, 0.6) is 0 Å². The third kappa shape index (κ3) is 15.9. The number of hydrogen-bond donors (Lipinski definition) is 5. The summed E-state index contributed by atoms with van der Waals surface area (Å²) in [6.07, 6.45) is 0. The fourth-order valence-corrected chi connectivity index (χ4v) is 2.82. The molecule has 0 aliphatic carbocycles. The van der Waals surface area contributed by atoms with E-state index in [-0.39, 0.29) is 46.6 Å². The molecule has 0 spiro atoms. The summed E-state index contributed by atoms with van der Waals surface area (Å²) in [4.78, 5) is 40.2. The Balaban J connectivity index is -0.000000720. The molecule has 0 aromatic rings. The first kappa shape index (κ1) is 22.1. The zero-order valence-electron chi connectivity index (χ0n) is 6.00. The first-order valence-corrected chi connectivity index (χ1v) is 6.83. The SMILES string of the molecule is O=P(O)(O)OP(=O)(O)OP(=O)(O)O.[Mn].[NaH]. The van der Waals surface area contributed by atoms with Gasteiger partial charge in [0.25, 0.3) is 0 Å². The molecule has 0 amide bonds. The number of rotatable bonds is 4. The monoisotopic (exact) mass is 337 g/mol. The Morgan fingerprint density at radius 2 is 0.933 bits per heavy atom. The van der Waals surface area contributed by atoms with E-state index < -0.39 is 23.5 Å². The van der Waals surface area contributed by atoms with Crippen LogP contribution >= 0.6 is 23.5 Å². The van der Waals surface area contributed by atoms with E-state index in [1.807, 2.05) is 0 Å². The molecule has 0 aromatic carbocycles. The van der Waals surface area contributed by atoms with Crippen molar-refractivity contribution in [2.45, 2.75) is 0 Å². The van der Waals surface area contributed by atoms with Crippen LogP contribution in [0.25, 0.3) is 0 Å². The molecule has 0 aromatic heterocycles. The summed E-state index contributed by atoms with van der Waals surface area (Å²) in [7, 11) is -16.2. The van der Waals surface area contributed by atoms with E-state index >= 15 is 0 Å². The van der Waals surface area contributed by atoms with Gasteiger partial charge in [0.2, 0.25) is 0 Å². The zero-order chi connectivity index (χ0) is 10.9. The quantitative estimate of drug-likeness (QED) is 0.305. The molecule has 0 fully saturated rings. The first-order chi connectivity index (χ1) is 5.41. The van der Waals surface area contributed by atoms with Crippen molar-refractivity contribution in [2.24, 2.45) is 0 Å². The van der Waals surface area contributed by atoms with Gasteiger partial charge >= 0.3 is 53.0 Å². The van der Waals surface area contributed by atoms with Crippen LogP contribution in [0, 0.1) is 0 Å². The van der Waals surface area contributed by atoms with Crippen molar-refractivity contribution < 1.29 is 63.9 Å². The third-order valence-electron chi connectivity index (χ3n) is 0.419. The molecule has 0 heterocycles. The number of hydrogen-bond acceptors (Lipinski definition) is 5. The topological polar surface area (TPSA) is 171 Å². The third-order valence-corrected chi connectivity index (χ3v) is 3.77. The molecular weight excluding hydrogens is 331 g/mol. The fourth-order valence-electron chi connectivity index (χ4n) is 0.284. The van der Waals surface area contributed by atoms with Crippen molar-refractivity contribution in [1.82, 2.24) is 0 Å². The van der Waals surface area contributed by atoms with Crippen molar-refractivity contribution in [3.8, 4) is 0 Å². The summed E-state index contributed by atoms with van der Waals surface area (Å²) in [5.74, 6) is 0. The predicted molar refractivity (Wildman–Crippen MR) is 43.2 cm³/mol. The second-order valence-electron chi connectivity index (χ2n) is 1.61. The fraction of sp³-hybridized carbons (Fsp3) is 0. The average molecular weight is 337 g/mol. The summed E-state index contributed by atoms with van der Waals surface area (Å²) in [5.41, 5.74) is 0. The Morgan fingerprint density at radius 1 is 0.733 bits per heavy atom. The maximum absolute atomic E-state index is 10.4. The van der Waals surface area contributed by atoms with Crippen LogP contribution in [0.4, 0.5) is 0 Å². The van der Waals surface area contributed by atoms with Gasteiger partial charge in [0.15, 0.2) is 0 Å². The van der Waals surface area contributed by atoms with Gasteiger partial charge in [-0.25, -0.2) is 13.7 Å². The molecular formula is H6MnNaO10P3. The minimum atomic E-state index is -5.46. The second-order valence-corrected chi connectivity index (χ2v) is 5.82. The van der Waals surface area contributed by atoms with E-state index in [4.69, 9.17) is 24.5 Å². The van der Waals surface area contributed by atoms with Gasteiger partial charge in [-0.15, -0.1) is 0 Å². The maximum atomic E-state index is 10.4. The van der Waals surface area contributed by atoms with E-state index in [1.165, 1.54) is 0 Å². The Kier molecular flexibility index (Phi) is 10.9. The molecule has 0 atom stereocenters. The summed E-state index contributed by atoms with van der Waals surface area (Å²) >= 11 is 0. The first-order valence-electron chi connectivity index (χ1n) is 2.28. The molecule has 0 aliphatic heterocycles. The van der Waals surface area contributed by atoms with E-state index in [0.717, 1.165) is 0 Å². The van der Waals surface area contributed by atoms with Gasteiger partial charge in [0.05, 0.1) is 0 Å². The van der Waals surface area contributed by atoms with Crippen LogP contribution in [0.15, 0.2) is 0 Å². The van der Waals surface area contributed by atoms with Crippen LogP contribution in [-0.2, 0) is 39.4 Å². The molecule has 0 aliphatic rings. The van der Waals surface area contributed by atoms with Gasteiger partial charge in [0.1, 0.15) is 0 Å². The molecule has 15 heavy (non-hydrogen) atoms. The molecule has 10 nitrogen and oxygen atoms in total. The molecule has 89 valence electrons. The van der Waals surface area contributed by atoms with Crippen LogP contribution in [0.2, 0.25) is 0 Å². The molecule has 0 rings (SSSR count). The molecule has 5 N–H and O–H groups in total. The summed E-state index contributed by atoms with van der Waals surface area (Å²) in [6, 6.07) is 0. The van der Waals surface area contributed by atoms with Crippen molar-refractivity contribution in [3.05, 3.63) is 0 Å². The molecule has 0 unspecified atom stereocenters. The van der Waals surface area contributed by atoms with Gasteiger partial charge in [0, 0.05) is 17.1 Å². The van der Waals surface area contributed by atoms with Gasteiger partial charge < -0.3 is 24.5 Å². The van der Waals surface area contributed by atoms with Crippen molar-refractivity contribution in [2.75, 3.05) is 0 Å². The van der Waals surface area contributed by atoms with Crippen LogP contribution < -0.4 is 0 Å². The molecule has 0 saturated carbocycles. The molecule has 15 heteroatoms. The molecule has 0 saturated heterocycles. The zero-order valence-corrected chi connectivity index (χ0v) is 9.86. The van der Waals surface area contributed by atoms with Crippen LogP contribution in [0.3, 0.4) is 0 Å². The molecule has 0 bridgehead atoms. The van der Waals surface area contributed by atoms with Crippen molar-refractivity contribution >= 4 is 53.0 Å². The van der Waals surface area contributed by atoms with Gasteiger partial charge in [-0.2, -0.15) is 8.62 Å². The molecule has 1 radical (unpaired) electrons. The summed E-state index contributed by atoms with van der Waals surface area (Å²) < 4.78 is 36.4.